The quantitative estimate of drug-likeness (QED) is 0.816. The number of anilines is 1. The fourth-order valence-electron chi connectivity index (χ4n) is 2.76. The molecular formula is C13H17FN2O. The van der Waals surface area contributed by atoms with Gasteiger partial charge in [-0.2, -0.15) is 0 Å². The van der Waals surface area contributed by atoms with Crippen molar-refractivity contribution in [1.29, 1.82) is 0 Å². The molecule has 0 saturated carbocycles. The second-order valence-electron chi connectivity index (χ2n) is 4.89. The number of ether oxygens (including phenoxy) is 1. The number of halogens is 1. The third-order valence-electron chi connectivity index (χ3n) is 3.67. The minimum Gasteiger partial charge on any atom is -0.381 e. The average molecular weight is 236 g/mol. The molecule has 2 saturated heterocycles. The van der Waals surface area contributed by atoms with Crippen molar-refractivity contribution < 1.29 is 9.13 Å². The Hall–Kier alpha value is -1.13. The van der Waals surface area contributed by atoms with Crippen LogP contribution in [-0.4, -0.2) is 32.3 Å². The molecule has 0 amide bonds. The highest BCUT2D eigenvalue weighted by molar-refractivity contribution is 5.44. The van der Waals surface area contributed by atoms with Gasteiger partial charge in [0.15, 0.2) is 0 Å². The molecule has 0 radical (unpaired) electrons. The Bertz CT molecular complexity index is 360. The lowest BCUT2D eigenvalue weighted by molar-refractivity contribution is -0.0106. The van der Waals surface area contributed by atoms with Crippen molar-refractivity contribution in [2.45, 2.75) is 6.04 Å². The van der Waals surface area contributed by atoms with Crippen LogP contribution in [0.1, 0.15) is 0 Å². The van der Waals surface area contributed by atoms with Crippen molar-refractivity contribution >= 4 is 5.69 Å². The summed E-state index contributed by atoms with van der Waals surface area (Å²) in [6.07, 6.45) is 0. The zero-order valence-electron chi connectivity index (χ0n) is 9.66. The van der Waals surface area contributed by atoms with Gasteiger partial charge in [0.1, 0.15) is 5.82 Å². The summed E-state index contributed by atoms with van der Waals surface area (Å²) in [5.41, 5.74) is 0.996. The van der Waals surface area contributed by atoms with Crippen LogP contribution < -0.4 is 10.6 Å². The normalized spacial score (nSPS) is 32.2. The predicted molar refractivity (Wildman–Crippen MR) is 64.5 cm³/mol. The third-order valence-corrected chi connectivity index (χ3v) is 3.67. The van der Waals surface area contributed by atoms with Gasteiger partial charge in [0.05, 0.1) is 13.2 Å². The van der Waals surface area contributed by atoms with Crippen LogP contribution in [0.25, 0.3) is 0 Å². The molecule has 3 rings (SSSR count). The van der Waals surface area contributed by atoms with Crippen molar-refractivity contribution in [2.24, 2.45) is 11.8 Å². The standard InChI is InChI=1S/C13H17FN2O/c14-11-1-3-12(4-2-11)16-13-9-5-15-6-10(13)8-17-7-9/h1-4,9-10,13,15-16H,5-8H2/t9-,10+,13-. The lowest BCUT2D eigenvalue weighted by Gasteiger charge is -2.43. The van der Waals surface area contributed by atoms with Gasteiger partial charge in [0.2, 0.25) is 0 Å². The highest BCUT2D eigenvalue weighted by atomic mass is 19.1. The van der Waals surface area contributed by atoms with Crippen molar-refractivity contribution in [1.82, 2.24) is 5.32 Å². The Morgan fingerprint density at radius 3 is 2.41 bits per heavy atom. The van der Waals surface area contributed by atoms with E-state index in [4.69, 9.17) is 4.74 Å². The summed E-state index contributed by atoms with van der Waals surface area (Å²) in [7, 11) is 0. The van der Waals surface area contributed by atoms with Crippen LogP contribution in [-0.2, 0) is 4.74 Å². The summed E-state index contributed by atoms with van der Waals surface area (Å²) in [4.78, 5) is 0. The van der Waals surface area contributed by atoms with E-state index in [0.29, 0.717) is 17.9 Å². The van der Waals surface area contributed by atoms with E-state index in [1.807, 2.05) is 0 Å². The number of hydrogen-bond donors (Lipinski definition) is 2. The first-order chi connectivity index (χ1) is 8.33. The molecule has 3 atom stereocenters. The summed E-state index contributed by atoms with van der Waals surface area (Å²) >= 11 is 0. The Morgan fingerprint density at radius 1 is 1.12 bits per heavy atom. The zero-order chi connectivity index (χ0) is 11.7. The highest BCUT2D eigenvalue weighted by Gasteiger charge is 2.36. The molecule has 17 heavy (non-hydrogen) atoms. The van der Waals surface area contributed by atoms with E-state index in [-0.39, 0.29) is 5.82 Å². The van der Waals surface area contributed by atoms with E-state index in [1.54, 1.807) is 12.1 Å². The second kappa shape index (κ2) is 4.63. The SMILES string of the molecule is Fc1ccc(N[C@@H]2[C@@H]3CNC[C@H]2COC3)cc1. The maximum Gasteiger partial charge on any atom is 0.123 e. The lowest BCUT2D eigenvalue weighted by atomic mass is 9.83. The summed E-state index contributed by atoms with van der Waals surface area (Å²) in [6, 6.07) is 7.03. The molecule has 1 aromatic carbocycles. The molecule has 92 valence electrons. The smallest absolute Gasteiger partial charge is 0.123 e. The molecule has 0 aromatic heterocycles. The van der Waals surface area contributed by atoms with Crippen molar-refractivity contribution in [2.75, 3.05) is 31.6 Å². The van der Waals surface area contributed by atoms with Crippen LogP contribution in [0.5, 0.6) is 0 Å². The van der Waals surface area contributed by atoms with Gasteiger partial charge in [-0.15, -0.1) is 0 Å². The number of fused-ring (bicyclic) bond motifs is 2. The molecule has 2 heterocycles. The minimum atomic E-state index is -0.190. The molecule has 2 aliphatic heterocycles. The van der Waals surface area contributed by atoms with Gasteiger partial charge in [-0.3, -0.25) is 0 Å². The van der Waals surface area contributed by atoms with E-state index in [1.165, 1.54) is 12.1 Å². The van der Waals surface area contributed by atoms with Gasteiger partial charge < -0.3 is 15.4 Å². The third kappa shape index (κ3) is 2.28. The number of piperidine rings is 1. The number of rotatable bonds is 2. The molecule has 0 spiro atoms. The van der Waals surface area contributed by atoms with E-state index >= 15 is 0 Å². The molecule has 1 aromatic rings. The zero-order valence-corrected chi connectivity index (χ0v) is 9.66. The van der Waals surface area contributed by atoms with E-state index < -0.39 is 0 Å². The molecular weight excluding hydrogens is 219 g/mol. The Kier molecular flexibility index (Phi) is 2.99. The summed E-state index contributed by atoms with van der Waals surface area (Å²) in [6.45, 7) is 3.61. The van der Waals surface area contributed by atoms with Crippen molar-refractivity contribution in [3.05, 3.63) is 30.1 Å². The topological polar surface area (TPSA) is 33.3 Å². The Labute approximate surface area is 100 Å². The maximum absolute atomic E-state index is 12.8. The number of hydrogen-bond acceptors (Lipinski definition) is 3. The number of benzene rings is 1. The van der Waals surface area contributed by atoms with Crippen molar-refractivity contribution in [3.63, 3.8) is 0 Å². The summed E-state index contributed by atoms with van der Waals surface area (Å²) in [5.74, 6) is 0.824. The van der Waals surface area contributed by atoms with Crippen LogP contribution in [0.3, 0.4) is 0 Å². The lowest BCUT2D eigenvalue weighted by Crippen LogP contribution is -2.56. The first kappa shape index (κ1) is 11.0. The molecule has 2 aliphatic rings. The van der Waals surface area contributed by atoms with Crippen LogP contribution in [0.4, 0.5) is 10.1 Å². The predicted octanol–water partition coefficient (Wildman–Crippen LogP) is 1.47. The van der Waals surface area contributed by atoms with Crippen LogP contribution >= 0.6 is 0 Å². The van der Waals surface area contributed by atoms with E-state index in [0.717, 1.165) is 32.0 Å². The number of nitrogens with one attached hydrogen (secondary N) is 2. The molecule has 4 heteroatoms. The monoisotopic (exact) mass is 236 g/mol. The van der Waals surface area contributed by atoms with Gasteiger partial charge in [-0.1, -0.05) is 0 Å². The first-order valence-electron chi connectivity index (χ1n) is 6.13. The Morgan fingerprint density at radius 2 is 1.76 bits per heavy atom. The van der Waals surface area contributed by atoms with Gasteiger partial charge in [0, 0.05) is 36.7 Å². The van der Waals surface area contributed by atoms with Gasteiger partial charge in [-0.25, -0.2) is 4.39 Å². The van der Waals surface area contributed by atoms with Crippen LogP contribution in [0, 0.1) is 17.7 Å². The van der Waals surface area contributed by atoms with Gasteiger partial charge in [0.25, 0.3) is 0 Å². The summed E-state index contributed by atoms with van der Waals surface area (Å²) in [5, 5.41) is 6.96. The first-order valence-corrected chi connectivity index (χ1v) is 6.13. The van der Waals surface area contributed by atoms with Gasteiger partial charge >= 0.3 is 0 Å². The Balaban J connectivity index is 1.73. The molecule has 2 bridgehead atoms. The van der Waals surface area contributed by atoms with E-state index in [2.05, 4.69) is 10.6 Å². The van der Waals surface area contributed by atoms with E-state index in [9.17, 15) is 4.39 Å². The maximum atomic E-state index is 12.8. The van der Waals surface area contributed by atoms with Crippen LogP contribution in [0.15, 0.2) is 24.3 Å². The molecule has 0 unspecified atom stereocenters. The van der Waals surface area contributed by atoms with Crippen molar-refractivity contribution in [3.8, 4) is 0 Å². The fraction of sp³-hybridized carbons (Fsp3) is 0.538. The van der Waals surface area contributed by atoms with Gasteiger partial charge in [-0.05, 0) is 24.3 Å². The largest absolute Gasteiger partial charge is 0.381 e. The average Bonchev–Trinajstić information content (AvgIpc) is 2.32. The van der Waals surface area contributed by atoms with Crippen LogP contribution in [0.2, 0.25) is 0 Å². The molecule has 0 aliphatic carbocycles. The second-order valence-corrected chi connectivity index (χ2v) is 4.89. The molecule has 2 fully saturated rings. The summed E-state index contributed by atoms with van der Waals surface area (Å²) < 4.78 is 18.4. The molecule has 2 N–H and O–H groups in total. The fourth-order valence-corrected chi connectivity index (χ4v) is 2.76. The minimum absolute atomic E-state index is 0.190. The molecule has 3 nitrogen and oxygen atoms in total. The highest BCUT2D eigenvalue weighted by Crippen LogP contribution is 2.26.